The van der Waals surface area contributed by atoms with Crippen LogP contribution in [0.4, 0.5) is 6.01 Å². The lowest BCUT2D eigenvalue weighted by Crippen LogP contribution is -2.31. The van der Waals surface area contributed by atoms with Crippen molar-refractivity contribution in [2.24, 2.45) is 0 Å². The smallest absolute Gasteiger partial charge is 0.318 e. The number of nitrogens with one attached hydrogen (secondary N) is 1. The Kier molecular flexibility index (Phi) is 8.11. The molecule has 1 heterocycles. The molecule has 0 radical (unpaired) electrons. The molecule has 0 spiro atoms. The van der Waals surface area contributed by atoms with E-state index in [2.05, 4.69) is 15.5 Å². The van der Waals surface area contributed by atoms with Crippen molar-refractivity contribution in [3.63, 3.8) is 0 Å². The third-order valence-corrected chi connectivity index (χ3v) is 2.47. The first-order valence-corrected chi connectivity index (χ1v) is 6.69. The van der Waals surface area contributed by atoms with Crippen molar-refractivity contribution in [3.05, 3.63) is 5.89 Å². The molecule has 0 saturated carbocycles. The lowest BCUT2D eigenvalue weighted by molar-refractivity contribution is 0.140. The zero-order valence-corrected chi connectivity index (χ0v) is 12.0. The zero-order chi connectivity index (χ0) is 13.9. The fraction of sp³-hybridized carbons (Fsp3) is 0.833. The Balaban J connectivity index is 2.53. The molecule has 0 aromatic carbocycles. The molecule has 0 fully saturated rings. The second-order valence-corrected chi connectivity index (χ2v) is 3.89. The van der Waals surface area contributed by atoms with Gasteiger partial charge in [0, 0.05) is 26.3 Å². The second kappa shape index (κ2) is 9.71. The van der Waals surface area contributed by atoms with E-state index in [-0.39, 0.29) is 0 Å². The van der Waals surface area contributed by atoms with Gasteiger partial charge < -0.3 is 24.1 Å². The zero-order valence-electron chi connectivity index (χ0n) is 12.0. The van der Waals surface area contributed by atoms with Crippen molar-refractivity contribution >= 4 is 6.01 Å². The Morgan fingerprint density at radius 3 is 2.26 bits per heavy atom. The number of hydrogen-bond acceptors (Lipinski definition) is 7. The van der Waals surface area contributed by atoms with Gasteiger partial charge in [-0.15, -0.1) is 5.10 Å². The van der Waals surface area contributed by atoms with Crippen LogP contribution in [0.15, 0.2) is 4.42 Å². The van der Waals surface area contributed by atoms with Crippen molar-refractivity contribution in [3.8, 4) is 0 Å². The van der Waals surface area contributed by atoms with Crippen LogP contribution < -0.4 is 10.2 Å². The molecule has 0 aliphatic rings. The minimum atomic E-state index is 0.518. The van der Waals surface area contributed by atoms with Crippen molar-refractivity contribution in [2.75, 3.05) is 51.5 Å². The highest BCUT2D eigenvalue weighted by atomic mass is 16.5. The molecule has 1 N–H and O–H groups in total. The average Bonchev–Trinajstić information content (AvgIpc) is 2.86. The van der Waals surface area contributed by atoms with E-state index >= 15 is 0 Å². The average molecular weight is 272 g/mol. The van der Waals surface area contributed by atoms with Crippen molar-refractivity contribution in [2.45, 2.75) is 20.4 Å². The number of aromatic nitrogens is 2. The second-order valence-electron chi connectivity index (χ2n) is 3.89. The largest absolute Gasteiger partial charge is 0.407 e. The summed E-state index contributed by atoms with van der Waals surface area (Å²) in [4.78, 5) is 1.98. The molecular weight excluding hydrogens is 248 g/mol. The summed E-state index contributed by atoms with van der Waals surface area (Å²) in [6, 6.07) is 0.518. The van der Waals surface area contributed by atoms with Gasteiger partial charge in [-0.2, -0.15) is 0 Å². The maximum Gasteiger partial charge on any atom is 0.318 e. The van der Waals surface area contributed by atoms with Gasteiger partial charge in [-0.05, 0) is 20.9 Å². The number of anilines is 1. The predicted octanol–water partition coefficient (Wildman–Crippen LogP) is 0.668. The summed E-state index contributed by atoms with van der Waals surface area (Å²) >= 11 is 0. The molecule has 0 amide bonds. The van der Waals surface area contributed by atoms with Crippen LogP contribution in [0, 0.1) is 0 Å². The van der Waals surface area contributed by atoms with Crippen LogP contribution in [0.1, 0.15) is 19.7 Å². The number of ether oxygens (including phenoxy) is 2. The standard InChI is InChI=1S/C12H24N4O3/c1-4-17-8-6-16(7-9-18-5-2)12-15-14-11(19-12)10-13-3/h13H,4-10H2,1-3H3. The minimum Gasteiger partial charge on any atom is -0.407 e. The Bertz CT molecular complexity index is 323. The van der Waals surface area contributed by atoms with Crippen LogP contribution in [-0.4, -0.2) is 56.8 Å². The summed E-state index contributed by atoms with van der Waals surface area (Å²) in [6.45, 7) is 8.60. The monoisotopic (exact) mass is 272 g/mol. The van der Waals surface area contributed by atoms with Gasteiger partial charge in [0.15, 0.2) is 0 Å². The highest BCUT2D eigenvalue weighted by Crippen LogP contribution is 2.11. The number of rotatable bonds is 11. The van der Waals surface area contributed by atoms with Gasteiger partial charge in [-0.3, -0.25) is 0 Å². The van der Waals surface area contributed by atoms with Crippen molar-refractivity contribution in [1.29, 1.82) is 0 Å². The summed E-state index contributed by atoms with van der Waals surface area (Å²) in [5.74, 6) is 0.579. The van der Waals surface area contributed by atoms with Gasteiger partial charge in [0.25, 0.3) is 0 Å². The summed E-state index contributed by atoms with van der Waals surface area (Å²) in [6.07, 6.45) is 0. The number of nitrogens with zero attached hydrogens (tertiary/aromatic N) is 3. The molecule has 1 aromatic heterocycles. The Morgan fingerprint density at radius 1 is 1.11 bits per heavy atom. The van der Waals surface area contributed by atoms with E-state index in [1.54, 1.807) is 0 Å². The van der Waals surface area contributed by atoms with E-state index in [1.165, 1.54) is 0 Å². The molecular formula is C12H24N4O3. The van der Waals surface area contributed by atoms with E-state index in [4.69, 9.17) is 13.9 Å². The lowest BCUT2D eigenvalue weighted by atomic mass is 10.5. The SMILES string of the molecule is CCOCCN(CCOCC)c1nnc(CNC)o1. The molecule has 0 unspecified atom stereocenters. The van der Waals surface area contributed by atoms with Crippen LogP contribution >= 0.6 is 0 Å². The molecule has 110 valence electrons. The van der Waals surface area contributed by atoms with Gasteiger partial charge in [0.1, 0.15) is 0 Å². The molecule has 0 aliphatic carbocycles. The molecule has 1 aromatic rings. The third kappa shape index (κ3) is 6.00. The van der Waals surface area contributed by atoms with Crippen LogP contribution in [0.25, 0.3) is 0 Å². The normalized spacial score (nSPS) is 10.9. The molecule has 0 aliphatic heterocycles. The highest BCUT2D eigenvalue weighted by molar-refractivity contribution is 5.23. The molecule has 0 bridgehead atoms. The first-order valence-electron chi connectivity index (χ1n) is 6.69. The molecule has 19 heavy (non-hydrogen) atoms. The molecule has 1 rings (SSSR count). The van der Waals surface area contributed by atoms with E-state index < -0.39 is 0 Å². The fourth-order valence-electron chi connectivity index (χ4n) is 1.54. The molecule has 0 saturated heterocycles. The predicted molar refractivity (Wildman–Crippen MR) is 72.3 cm³/mol. The first kappa shape index (κ1) is 15.9. The van der Waals surface area contributed by atoms with E-state index in [0.717, 1.165) is 0 Å². The summed E-state index contributed by atoms with van der Waals surface area (Å²) in [5, 5.41) is 11.0. The Morgan fingerprint density at radius 2 is 1.74 bits per heavy atom. The summed E-state index contributed by atoms with van der Waals surface area (Å²) < 4.78 is 16.3. The van der Waals surface area contributed by atoms with Gasteiger partial charge >= 0.3 is 6.01 Å². The van der Waals surface area contributed by atoms with Crippen LogP contribution in [-0.2, 0) is 16.0 Å². The van der Waals surface area contributed by atoms with Crippen LogP contribution in [0.5, 0.6) is 0 Å². The third-order valence-electron chi connectivity index (χ3n) is 2.47. The van der Waals surface area contributed by atoms with Crippen LogP contribution in [0.2, 0.25) is 0 Å². The minimum absolute atomic E-state index is 0.518. The van der Waals surface area contributed by atoms with Gasteiger partial charge in [0.2, 0.25) is 5.89 Å². The lowest BCUT2D eigenvalue weighted by Gasteiger charge is -2.19. The molecule has 0 atom stereocenters. The van der Waals surface area contributed by atoms with E-state index in [0.29, 0.717) is 58.0 Å². The maximum atomic E-state index is 5.58. The summed E-state index contributed by atoms with van der Waals surface area (Å²) in [7, 11) is 1.84. The van der Waals surface area contributed by atoms with Gasteiger partial charge in [-0.1, -0.05) is 5.10 Å². The van der Waals surface area contributed by atoms with E-state index in [1.807, 2.05) is 25.8 Å². The van der Waals surface area contributed by atoms with Gasteiger partial charge in [-0.25, -0.2) is 0 Å². The summed E-state index contributed by atoms with van der Waals surface area (Å²) in [5.41, 5.74) is 0. The topological polar surface area (TPSA) is 72.7 Å². The maximum absolute atomic E-state index is 5.58. The molecule has 7 nitrogen and oxygen atoms in total. The van der Waals surface area contributed by atoms with Crippen molar-refractivity contribution in [1.82, 2.24) is 15.5 Å². The van der Waals surface area contributed by atoms with Crippen molar-refractivity contribution < 1.29 is 13.9 Å². The first-order chi connectivity index (χ1) is 9.31. The van der Waals surface area contributed by atoms with Crippen LogP contribution in [0.3, 0.4) is 0 Å². The number of hydrogen-bond donors (Lipinski definition) is 1. The van der Waals surface area contributed by atoms with Gasteiger partial charge in [0.05, 0.1) is 19.8 Å². The highest BCUT2D eigenvalue weighted by Gasteiger charge is 2.14. The molecule has 7 heteroatoms. The Hall–Kier alpha value is -1.18. The fourth-order valence-corrected chi connectivity index (χ4v) is 1.54. The van der Waals surface area contributed by atoms with E-state index in [9.17, 15) is 0 Å². The Labute approximate surface area is 114 Å². The quantitative estimate of drug-likeness (QED) is 0.593.